The van der Waals surface area contributed by atoms with E-state index in [1.807, 2.05) is 6.08 Å². The Morgan fingerprint density at radius 3 is 2.20 bits per heavy atom. The highest BCUT2D eigenvalue weighted by molar-refractivity contribution is 5.89. The van der Waals surface area contributed by atoms with Crippen molar-refractivity contribution in [2.75, 3.05) is 0 Å². The molecule has 224 valence electrons. The molecule has 0 aliphatic heterocycles. The van der Waals surface area contributed by atoms with Crippen molar-refractivity contribution >= 4 is 5.97 Å². The molecule has 0 heterocycles. The number of carboxylic acid groups (broad SMARTS) is 1. The molecule has 3 nitrogen and oxygen atoms in total. The van der Waals surface area contributed by atoms with Crippen LogP contribution in [-0.2, 0) is 4.79 Å². The summed E-state index contributed by atoms with van der Waals surface area (Å²) in [6.45, 7) is 24.3. The number of carbonyl (C=O) groups is 1. The smallest absolute Gasteiger partial charge is 0.335 e. The summed E-state index contributed by atoms with van der Waals surface area (Å²) >= 11 is 0. The zero-order valence-corrected chi connectivity index (χ0v) is 27.0. The second-order valence-corrected chi connectivity index (χ2v) is 16.7. The molecule has 0 amide bonds. The predicted octanol–water partition coefficient (Wildman–Crippen LogP) is 9.19. The molecule has 0 saturated heterocycles. The first-order valence-corrected chi connectivity index (χ1v) is 16.6. The lowest BCUT2D eigenvalue weighted by Gasteiger charge is -2.73. The van der Waals surface area contributed by atoms with Gasteiger partial charge in [-0.1, -0.05) is 72.8 Å². The van der Waals surface area contributed by atoms with Gasteiger partial charge in [-0.25, -0.2) is 4.79 Å². The maximum Gasteiger partial charge on any atom is 0.335 e. The van der Waals surface area contributed by atoms with Gasteiger partial charge in [-0.05, 0) is 140 Å². The van der Waals surface area contributed by atoms with Crippen LogP contribution in [0.2, 0.25) is 0 Å². The first-order chi connectivity index (χ1) is 18.6. The second kappa shape index (κ2) is 9.85. The summed E-state index contributed by atoms with van der Waals surface area (Å²) in [6.07, 6.45) is 18.3. The van der Waals surface area contributed by atoms with E-state index in [0.717, 1.165) is 35.7 Å². The molecule has 0 aromatic rings. The fourth-order valence-corrected chi connectivity index (χ4v) is 12.7. The molecule has 40 heavy (non-hydrogen) atoms. The quantitative estimate of drug-likeness (QED) is 0.265. The monoisotopic (exact) mass is 549 g/mol. The molecule has 0 aromatic heterocycles. The van der Waals surface area contributed by atoms with Gasteiger partial charge in [0.2, 0.25) is 0 Å². The van der Waals surface area contributed by atoms with E-state index in [-0.39, 0.29) is 11.0 Å². The lowest BCUT2D eigenvalue weighted by molar-refractivity contribution is -0.235. The van der Waals surface area contributed by atoms with Crippen molar-refractivity contribution in [3.8, 4) is 0 Å². The number of rotatable bonds is 5. The van der Waals surface area contributed by atoms with Gasteiger partial charge in [0.1, 0.15) is 0 Å². The molecule has 0 unspecified atom stereocenters. The summed E-state index contributed by atoms with van der Waals surface area (Å²) in [5, 5.41) is 9.47. The van der Waals surface area contributed by atoms with Gasteiger partial charge in [-0.2, -0.15) is 0 Å². The summed E-state index contributed by atoms with van der Waals surface area (Å²) in [5.74, 6) is 3.93. The molecular weight excluding hydrogens is 490 g/mol. The van der Waals surface area contributed by atoms with Crippen molar-refractivity contribution in [1.82, 2.24) is 0 Å². The SMILES string of the molecule is C=C(/C=C\C(=C/C)C(=O)O)[C@H]1CC[C@]2(C)[C@H]3CC[C@@H]4[C@H]5[C@H](C(C)C)CC[C@]5(N)CC[C@@]4(C)[C@]3(C)CC[C@H]2C1(C)C. The van der Waals surface area contributed by atoms with E-state index in [9.17, 15) is 9.90 Å². The van der Waals surface area contributed by atoms with E-state index < -0.39 is 5.97 Å². The number of allylic oxidation sites excluding steroid dienone is 3. The van der Waals surface area contributed by atoms with Crippen molar-refractivity contribution in [2.45, 2.75) is 125 Å². The van der Waals surface area contributed by atoms with Crippen LogP contribution in [0.5, 0.6) is 0 Å². The molecule has 0 spiro atoms. The number of hydrogen-bond donors (Lipinski definition) is 2. The highest BCUT2D eigenvalue weighted by atomic mass is 16.4. The number of hydrogen-bond acceptors (Lipinski definition) is 2. The first kappa shape index (κ1) is 30.1. The Hall–Kier alpha value is -1.35. The van der Waals surface area contributed by atoms with Gasteiger partial charge in [0.25, 0.3) is 0 Å². The molecule has 3 N–H and O–H groups in total. The van der Waals surface area contributed by atoms with Gasteiger partial charge in [-0.15, -0.1) is 0 Å². The van der Waals surface area contributed by atoms with Gasteiger partial charge in [0.15, 0.2) is 0 Å². The Morgan fingerprint density at radius 1 is 0.875 bits per heavy atom. The van der Waals surface area contributed by atoms with E-state index in [4.69, 9.17) is 5.73 Å². The van der Waals surface area contributed by atoms with Crippen LogP contribution in [-0.4, -0.2) is 16.6 Å². The van der Waals surface area contributed by atoms with Crippen LogP contribution < -0.4 is 5.73 Å². The van der Waals surface area contributed by atoms with Gasteiger partial charge in [-0.3, -0.25) is 0 Å². The Labute approximate surface area is 245 Å². The van der Waals surface area contributed by atoms with Crippen LogP contribution in [0.25, 0.3) is 0 Å². The van der Waals surface area contributed by atoms with Crippen molar-refractivity contribution in [3.05, 3.63) is 36.0 Å². The average Bonchev–Trinajstić information content (AvgIpc) is 3.22. The summed E-state index contributed by atoms with van der Waals surface area (Å²) in [4.78, 5) is 11.5. The number of fused-ring (bicyclic) bond motifs is 7. The lowest BCUT2D eigenvalue weighted by Crippen LogP contribution is -2.68. The minimum Gasteiger partial charge on any atom is -0.478 e. The molecule has 0 radical (unpaired) electrons. The molecule has 5 rings (SSSR count). The standard InChI is InChI=1S/C37H59NO2/c1-10-25(32(39)40)12-11-24(4)27-16-18-34(7)29(33(27,5)6)17-19-36(9)30(34)14-13-28-31-26(23(2)3)15-20-37(31,38)22-21-35(28,36)8/h10-12,23,26-31H,4,13-22,38H2,1-3,5-9H3,(H,39,40)/b12-11-,25-10+/t26-,27+,28+,29-,30+,31+,34-,35+,36+,37-/m0/s1. The van der Waals surface area contributed by atoms with Gasteiger partial charge < -0.3 is 10.8 Å². The zero-order chi connectivity index (χ0) is 29.5. The average molecular weight is 550 g/mol. The molecule has 0 aromatic carbocycles. The third kappa shape index (κ3) is 4.10. The van der Waals surface area contributed by atoms with Crippen LogP contribution in [0.15, 0.2) is 36.0 Å². The van der Waals surface area contributed by atoms with Crippen molar-refractivity contribution in [2.24, 2.45) is 68.8 Å². The highest BCUT2D eigenvalue weighted by Gasteiger charge is 2.70. The lowest BCUT2D eigenvalue weighted by atomic mass is 9.32. The van der Waals surface area contributed by atoms with Crippen molar-refractivity contribution in [3.63, 3.8) is 0 Å². The van der Waals surface area contributed by atoms with Gasteiger partial charge in [0.05, 0.1) is 5.57 Å². The summed E-state index contributed by atoms with van der Waals surface area (Å²) in [5.41, 5.74) is 10.0. The van der Waals surface area contributed by atoms with Crippen LogP contribution in [0.3, 0.4) is 0 Å². The van der Waals surface area contributed by atoms with E-state index in [0.29, 0.717) is 39.6 Å². The van der Waals surface area contributed by atoms with E-state index in [1.54, 1.807) is 19.1 Å². The van der Waals surface area contributed by atoms with E-state index >= 15 is 0 Å². The molecule has 5 aliphatic rings. The maximum atomic E-state index is 11.5. The van der Waals surface area contributed by atoms with Crippen molar-refractivity contribution in [1.29, 1.82) is 0 Å². The minimum atomic E-state index is -0.871. The van der Waals surface area contributed by atoms with Crippen LogP contribution in [0.1, 0.15) is 120 Å². The number of carboxylic acids is 1. The molecule has 5 saturated carbocycles. The molecule has 5 fully saturated rings. The molecule has 3 heteroatoms. The summed E-state index contributed by atoms with van der Waals surface area (Å²) < 4.78 is 0. The first-order valence-electron chi connectivity index (χ1n) is 16.6. The molecule has 10 atom stereocenters. The molecule has 0 bridgehead atoms. The Morgan fingerprint density at radius 2 is 1.57 bits per heavy atom. The normalized spacial score (nSPS) is 48.3. The third-order valence-electron chi connectivity index (χ3n) is 14.9. The van der Waals surface area contributed by atoms with Crippen LogP contribution in [0, 0.1) is 63.1 Å². The Balaban J connectivity index is 1.43. The molecular formula is C37H59NO2. The molecule has 5 aliphatic carbocycles. The number of nitrogens with two attached hydrogens (primary N) is 1. The largest absolute Gasteiger partial charge is 0.478 e. The van der Waals surface area contributed by atoms with Crippen LogP contribution in [0.4, 0.5) is 0 Å². The summed E-state index contributed by atoms with van der Waals surface area (Å²) in [7, 11) is 0. The fraction of sp³-hybridized carbons (Fsp3) is 0.811. The Kier molecular flexibility index (Phi) is 7.42. The van der Waals surface area contributed by atoms with E-state index in [1.165, 1.54) is 57.8 Å². The predicted molar refractivity (Wildman–Crippen MR) is 167 cm³/mol. The topological polar surface area (TPSA) is 63.3 Å². The Bertz CT molecular complexity index is 1100. The third-order valence-corrected chi connectivity index (χ3v) is 14.9. The summed E-state index contributed by atoms with van der Waals surface area (Å²) in [6, 6.07) is 0. The zero-order valence-electron chi connectivity index (χ0n) is 27.0. The highest BCUT2D eigenvalue weighted by Crippen LogP contribution is 2.76. The van der Waals surface area contributed by atoms with Gasteiger partial charge in [0, 0.05) is 5.54 Å². The number of aliphatic carboxylic acids is 1. The van der Waals surface area contributed by atoms with Crippen LogP contribution >= 0.6 is 0 Å². The second-order valence-electron chi connectivity index (χ2n) is 16.7. The van der Waals surface area contributed by atoms with E-state index in [2.05, 4.69) is 55.0 Å². The fourth-order valence-electron chi connectivity index (χ4n) is 12.7. The van der Waals surface area contributed by atoms with Gasteiger partial charge >= 0.3 is 5.97 Å². The maximum absolute atomic E-state index is 11.5. The minimum absolute atomic E-state index is 0.0742. The van der Waals surface area contributed by atoms with Crippen molar-refractivity contribution < 1.29 is 9.90 Å².